The average Bonchev–Trinajstić information content (AvgIpc) is 2.03. The maximum Gasteiger partial charge on any atom is 0.130 e. The van der Waals surface area contributed by atoms with Gasteiger partial charge in [-0.15, -0.1) is 0 Å². The second-order valence-corrected chi connectivity index (χ2v) is 4.21. The molecule has 0 aromatic rings. The molecule has 1 aliphatic rings. The van der Waals surface area contributed by atoms with Crippen LogP contribution < -0.4 is 0 Å². The van der Waals surface area contributed by atoms with Gasteiger partial charge in [-0.3, -0.25) is 0 Å². The van der Waals surface area contributed by atoms with E-state index in [1.54, 1.807) is 6.92 Å². The number of hydrogen-bond donors (Lipinski definition) is 0. The van der Waals surface area contributed by atoms with Gasteiger partial charge in [0.25, 0.3) is 0 Å². The first kappa shape index (κ1) is 9.76. The molecule has 0 aromatic heterocycles. The fourth-order valence-electron chi connectivity index (χ4n) is 2.37. The summed E-state index contributed by atoms with van der Waals surface area (Å²) in [5.41, 5.74) is 0. The predicted molar refractivity (Wildman–Crippen MR) is 51.0 cm³/mol. The molecule has 1 saturated carbocycles. The van der Waals surface area contributed by atoms with Gasteiger partial charge in [0.1, 0.15) is 5.78 Å². The number of carbonyl (C=O) groups is 1. The molecule has 0 saturated heterocycles. The van der Waals surface area contributed by atoms with Gasteiger partial charge in [0.05, 0.1) is 0 Å². The van der Waals surface area contributed by atoms with Crippen LogP contribution in [0.2, 0.25) is 0 Å². The predicted octanol–water partition coefficient (Wildman–Crippen LogP) is 3.18. The molecule has 12 heavy (non-hydrogen) atoms. The molecular formula is C11H20O. The Morgan fingerprint density at radius 1 is 1.33 bits per heavy atom. The van der Waals surface area contributed by atoms with Crippen molar-refractivity contribution in [3.63, 3.8) is 0 Å². The van der Waals surface area contributed by atoms with Gasteiger partial charge in [0, 0.05) is 6.42 Å². The van der Waals surface area contributed by atoms with Crippen LogP contribution in [0, 0.1) is 11.8 Å². The van der Waals surface area contributed by atoms with Crippen molar-refractivity contribution in [2.75, 3.05) is 0 Å². The molecular weight excluding hydrogens is 148 g/mol. The highest BCUT2D eigenvalue weighted by Crippen LogP contribution is 2.32. The highest BCUT2D eigenvalue weighted by atomic mass is 16.1. The summed E-state index contributed by atoms with van der Waals surface area (Å²) >= 11 is 0. The van der Waals surface area contributed by atoms with Crippen LogP contribution in [0.1, 0.15) is 52.4 Å². The summed E-state index contributed by atoms with van der Waals surface area (Å²) in [5, 5.41) is 0. The Hall–Kier alpha value is -0.330. The molecule has 0 heterocycles. The van der Waals surface area contributed by atoms with Gasteiger partial charge in [-0.05, 0) is 25.2 Å². The van der Waals surface area contributed by atoms with E-state index in [0.717, 1.165) is 12.3 Å². The van der Waals surface area contributed by atoms with Crippen LogP contribution in [0.4, 0.5) is 0 Å². The molecule has 0 N–H and O–H groups in total. The second kappa shape index (κ2) is 4.64. The zero-order valence-electron chi connectivity index (χ0n) is 8.31. The molecule has 2 atom stereocenters. The Bertz CT molecular complexity index is 151. The molecule has 1 heteroatoms. The van der Waals surface area contributed by atoms with Crippen LogP contribution in [0.5, 0.6) is 0 Å². The van der Waals surface area contributed by atoms with E-state index >= 15 is 0 Å². The van der Waals surface area contributed by atoms with E-state index in [2.05, 4.69) is 6.92 Å². The lowest BCUT2D eigenvalue weighted by Crippen LogP contribution is -2.16. The van der Waals surface area contributed by atoms with Crippen molar-refractivity contribution < 1.29 is 4.79 Å². The molecule has 0 aromatic carbocycles. The van der Waals surface area contributed by atoms with Crippen LogP contribution in [0.15, 0.2) is 0 Å². The largest absolute Gasteiger partial charge is 0.300 e. The van der Waals surface area contributed by atoms with Crippen molar-refractivity contribution in [2.24, 2.45) is 11.8 Å². The number of hydrogen-bond acceptors (Lipinski definition) is 1. The first-order valence-electron chi connectivity index (χ1n) is 5.21. The second-order valence-electron chi connectivity index (χ2n) is 4.21. The summed E-state index contributed by atoms with van der Waals surface area (Å²) in [6.07, 6.45) is 7.46. The standard InChI is InChI=1S/C11H20O/c1-3-10-5-4-6-11(8-10)7-9(2)12/h10-11H,3-8H2,1-2H3. The van der Waals surface area contributed by atoms with Crippen molar-refractivity contribution >= 4 is 5.78 Å². The molecule has 70 valence electrons. The third-order valence-electron chi connectivity index (χ3n) is 3.04. The molecule has 0 spiro atoms. The summed E-state index contributed by atoms with van der Waals surface area (Å²) in [7, 11) is 0. The highest BCUT2D eigenvalue weighted by Gasteiger charge is 2.21. The van der Waals surface area contributed by atoms with Crippen molar-refractivity contribution in [2.45, 2.75) is 52.4 Å². The molecule has 1 fully saturated rings. The number of ketones is 1. The lowest BCUT2D eigenvalue weighted by Gasteiger charge is -2.27. The molecule has 0 aliphatic heterocycles. The van der Waals surface area contributed by atoms with Gasteiger partial charge in [0.2, 0.25) is 0 Å². The van der Waals surface area contributed by atoms with Gasteiger partial charge >= 0.3 is 0 Å². The number of rotatable bonds is 3. The summed E-state index contributed by atoms with van der Waals surface area (Å²) in [5.74, 6) is 1.99. The van der Waals surface area contributed by atoms with Crippen molar-refractivity contribution in [1.29, 1.82) is 0 Å². The monoisotopic (exact) mass is 168 g/mol. The molecule has 1 rings (SSSR count). The molecule has 0 radical (unpaired) electrons. The van der Waals surface area contributed by atoms with E-state index in [4.69, 9.17) is 0 Å². The zero-order valence-corrected chi connectivity index (χ0v) is 8.31. The zero-order chi connectivity index (χ0) is 8.97. The molecule has 2 unspecified atom stereocenters. The van der Waals surface area contributed by atoms with Gasteiger partial charge < -0.3 is 4.79 Å². The molecule has 1 aliphatic carbocycles. The van der Waals surface area contributed by atoms with Gasteiger partial charge in [-0.1, -0.05) is 32.6 Å². The van der Waals surface area contributed by atoms with E-state index in [9.17, 15) is 4.79 Å². The van der Waals surface area contributed by atoms with E-state index < -0.39 is 0 Å². The third kappa shape index (κ3) is 2.96. The minimum absolute atomic E-state index is 0.372. The van der Waals surface area contributed by atoms with Crippen molar-refractivity contribution in [1.82, 2.24) is 0 Å². The quantitative estimate of drug-likeness (QED) is 0.632. The summed E-state index contributed by atoms with van der Waals surface area (Å²) < 4.78 is 0. The van der Waals surface area contributed by atoms with Crippen molar-refractivity contribution in [3.05, 3.63) is 0 Å². The molecule has 1 nitrogen and oxygen atoms in total. The highest BCUT2D eigenvalue weighted by molar-refractivity contribution is 5.75. The lowest BCUT2D eigenvalue weighted by molar-refractivity contribution is -0.118. The minimum Gasteiger partial charge on any atom is -0.300 e. The average molecular weight is 168 g/mol. The van der Waals surface area contributed by atoms with Crippen LogP contribution in [-0.2, 0) is 4.79 Å². The Morgan fingerprint density at radius 2 is 2.00 bits per heavy atom. The summed E-state index contributed by atoms with van der Waals surface area (Å²) in [6.45, 7) is 3.98. The SMILES string of the molecule is CCC1CCCC(CC(C)=O)C1. The Kier molecular flexibility index (Phi) is 3.77. The van der Waals surface area contributed by atoms with E-state index in [-0.39, 0.29) is 0 Å². The molecule has 0 bridgehead atoms. The van der Waals surface area contributed by atoms with E-state index in [1.807, 2.05) is 0 Å². The first-order valence-corrected chi connectivity index (χ1v) is 5.21. The lowest BCUT2D eigenvalue weighted by atomic mass is 9.78. The maximum absolute atomic E-state index is 10.9. The number of carbonyl (C=O) groups excluding carboxylic acids is 1. The minimum atomic E-state index is 0.372. The fraction of sp³-hybridized carbons (Fsp3) is 0.909. The maximum atomic E-state index is 10.9. The third-order valence-corrected chi connectivity index (χ3v) is 3.04. The topological polar surface area (TPSA) is 17.1 Å². The van der Waals surface area contributed by atoms with Crippen LogP contribution in [-0.4, -0.2) is 5.78 Å². The van der Waals surface area contributed by atoms with Gasteiger partial charge in [0.15, 0.2) is 0 Å². The Morgan fingerprint density at radius 3 is 2.58 bits per heavy atom. The van der Waals surface area contributed by atoms with E-state index in [1.165, 1.54) is 32.1 Å². The number of Topliss-reactive ketones (excluding diaryl/α,β-unsaturated/α-hetero) is 1. The summed E-state index contributed by atoms with van der Waals surface area (Å²) in [6, 6.07) is 0. The normalized spacial score (nSPS) is 30.2. The van der Waals surface area contributed by atoms with Crippen LogP contribution >= 0.6 is 0 Å². The van der Waals surface area contributed by atoms with Crippen molar-refractivity contribution in [3.8, 4) is 0 Å². The molecule has 0 amide bonds. The Labute approximate surface area is 75.5 Å². The Balaban J connectivity index is 2.30. The van der Waals surface area contributed by atoms with Gasteiger partial charge in [-0.2, -0.15) is 0 Å². The summed E-state index contributed by atoms with van der Waals surface area (Å²) in [4.78, 5) is 10.9. The fourth-order valence-corrected chi connectivity index (χ4v) is 2.37. The van der Waals surface area contributed by atoms with Crippen LogP contribution in [0.25, 0.3) is 0 Å². The van der Waals surface area contributed by atoms with E-state index in [0.29, 0.717) is 11.7 Å². The van der Waals surface area contributed by atoms with Gasteiger partial charge in [-0.25, -0.2) is 0 Å². The first-order chi connectivity index (χ1) is 5.72. The smallest absolute Gasteiger partial charge is 0.130 e. The van der Waals surface area contributed by atoms with Crippen LogP contribution in [0.3, 0.4) is 0 Å².